The first-order valence-corrected chi connectivity index (χ1v) is 11.9. The van der Waals surface area contributed by atoms with Gasteiger partial charge in [-0.15, -0.1) is 0 Å². The van der Waals surface area contributed by atoms with Crippen molar-refractivity contribution in [3.63, 3.8) is 0 Å². The highest BCUT2D eigenvalue weighted by Crippen LogP contribution is 2.56. The van der Waals surface area contributed by atoms with Crippen LogP contribution < -0.4 is 5.56 Å². The lowest BCUT2D eigenvalue weighted by molar-refractivity contribution is 0.0692. The molecule has 0 bridgehead atoms. The number of carboxylic acid groups (broad SMARTS) is 1. The van der Waals surface area contributed by atoms with Gasteiger partial charge >= 0.3 is 5.97 Å². The molecule has 0 unspecified atom stereocenters. The molecule has 1 aliphatic rings. The van der Waals surface area contributed by atoms with Gasteiger partial charge in [0.25, 0.3) is 5.56 Å². The summed E-state index contributed by atoms with van der Waals surface area (Å²) in [6.45, 7) is 3.59. The van der Waals surface area contributed by atoms with Gasteiger partial charge in [0, 0.05) is 29.8 Å². The zero-order valence-corrected chi connectivity index (χ0v) is 20.8. The molecule has 1 aliphatic carbocycles. The van der Waals surface area contributed by atoms with E-state index in [0.29, 0.717) is 22.0 Å². The van der Waals surface area contributed by atoms with Crippen molar-refractivity contribution < 1.29 is 14.3 Å². The SMILES string of the molecule is Cc1cnc(-c2cccc(C(=O)O)c2F)cc1-n1c(C)cc([C@H]2C[C@@H]2c2cncc(Cl)c2)c(Cl)c1=O. The van der Waals surface area contributed by atoms with Crippen molar-refractivity contribution in [1.29, 1.82) is 0 Å². The van der Waals surface area contributed by atoms with Gasteiger partial charge in [0.1, 0.15) is 10.8 Å². The summed E-state index contributed by atoms with van der Waals surface area (Å²) in [7, 11) is 0. The fourth-order valence-corrected chi connectivity index (χ4v) is 5.10. The van der Waals surface area contributed by atoms with Gasteiger partial charge in [-0.3, -0.25) is 19.3 Å². The molecule has 3 aromatic heterocycles. The number of nitrogens with zero attached hydrogens (tertiary/aromatic N) is 3. The van der Waals surface area contributed by atoms with Gasteiger partial charge in [0.05, 0.1) is 22.0 Å². The third-order valence-electron chi connectivity index (χ3n) is 6.53. The van der Waals surface area contributed by atoms with Gasteiger partial charge in [0.2, 0.25) is 0 Å². The summed E-state index contributed by atoms with van der Waals surface area (Å²) in [5.41, 5.74) is 3.00. The van der Waals surface area contributed by atoms with Gasteiger partial charge in [-0.25, -0.2) is 9.18 Å². The van der Waals surface area contributed by atoms with Gasteiger partial charge in [-0.2, -0.15) is 0 Å². The summed E-state index contributed by atoms with van der Waals surface area (Å²) in [5.74, 6) is -1.99. The summed E-state index contributed by atoms with van der Waals surface area (Å²) >= 11 is 12.7. The van der Waals surface area contributed by atoms with Crippen molar-refractivity contribution in [2.75, 3.05) is 0 Å². The number of hydrogen-bond donors (Lipinski definition) is 1. The Bertz CT molecular complexity index is 1600. The lowest BCUT2D eigenvalue weighted by atomic mass is 10.0. The van der Waals surface area contributed by atoms with E-state index in [2.05, 4.69) is 9.97 Å². The quantitative estimate of drug-likeness (QED) is 0.330. The van der Waals surface area contributed by atoms with Crippen LogP contribution in [0.1, 0.15) is 51.0 Å². The van der Waals surface area contributed by atoms with E-state index in [-0.39, 0.29) is 33.7 Å². The second kappa shape index (κ2) is 9.15. The van der Waals surface area contributed by atoms with E-state index >= 15 is 0 Å². The van der Waals surface area contributed by atoms with Gasteiger partial charge < -0.3 is 5.11 Å². The zero-order chi connectivity index (χ0) is 25.7. The van der Waals surface area contributed by atoms with Crippen molar-refractivity contribution in [2.45, 2.75) is 32.1 Å². The van der Waals surface area contributed by atoms with Crippen LogP contribution in [0.4, 0.5) is 4.39 Å². The zero-order valence-electron chi connectivity index (χ0n) is 19.3. The van der Waals surface area contributed by atoms with E-state index in [0.717, 1.165) is 17.5 Å². The lowest BCUT2D eigenvalue weighted by Crippen LogP contribution is -2.23. The monoisotopic (exact) mass is 523 g/mol. The first-order valence-electron chi connectivity index (χ1n) is 11.2. The molecule has 36 heavy (non-hydrogen) atoms. The summed E-state index contributed by atoms with van der Waals surface area (Å²) in [6, 6.07) is 9.44. The molecule has 182 valence electrons. The molecule has 5 rings (SSSR count). The third kappa shape index (κ3) is 4.18. The number of rotatable bonds is 5. The average Bonchev–Trinajstić information content (AvgIpc) is 3.63. The predicted molar refractivity (Wildman–Crippen MR) is 136 cm³/mol. The molecule has 1 aromatic carbocycles. The van der Waals surface area contributed by atoms with Crippen LogP contribution in [0.3, 0.4) is 0 Å². The highest BCUT2D eigenvalue weighted by Gasteiger charge is 2.42. The Hall–Kier alpha value is -3.55. The number of pyridine rings is 3. The van der Waals surface area contributed by atoms with Crippen LogP contribution in [0.2, 0.25) is 10.0 Å². The van der Waals surface area contributed by atoms with E-state index in [1.165, 1.54) is 29.0 Å². The molecule has 2 atom stereocenters. The van der Waals surface area contributed by atoms with Crippen LogP contribution in [0.15, 0.2) is 59.8 Å². The van der Waals surface area contributed by atoms with Crippen molar-refractivity contribution in [3.05, 3.63) is 109 Å². The molecule has 0 amide bonds. The predicted octanol–water partition coefficient (Wildman–Crippen LogP) is 6.33. The van der Waals surface area contributed by atoms with Crippen LogP contribution in [0.5, 0.6) is 0 Å². The van der Waals surface area contributed by atoms with Crippen LogP contribution in [-0.2, 0) is 0 Å². The molecule has 3 heterocycles. The summed E-state index contributed by atoms with van der Waals surface area (Å²) in [6.07, 6.45) is 5.71. The molecule has 1 N–H and O–H groups in total. The number of aryl methyl sites for hydroxylation is 2. The summed E-state index contributed by atoms with van der Waals surface area (Å²) in [5, 5.41) is 9.95. The van der Waals surface area contributed by atoms with E-state index in [1.54, 1.807) is 25.4 Å². The maximum absolute atomic E-state index is 14.9. The number of carbonyl (C=O) groups is 1. The Labute approximate surface area is 216 Å². The molecule has 6 nitrogen and oxygen atoms in total. The molecule has 0 saturated heterocycles. The molecule has 0 spiro atoms. The normalized spacial score (nSPS) is 16.7. The summed E-state index contributed by atoms with van der Waals surface area (Å²) in [4.78, 5) is 33.3. The maximum Gasteiger partial charge on any atom is 0.338 e. The number of aromatic carboxylic acids is 1. The Balaban J connectivity index is 1.57. The first kappa shape index (κ1) is 24.2. The smallest absolute Gasteiger partial charge is 0.338 e. The van der Waals surface area contributed by atoms with Crippen LogP contribution in [0.25, 0.3) is 16.9 Å². The number of carboxylic acids is 1. The van der Waals surface area contributed by atoms with E-state index < -0.39 is 17.3 Å². The van der Waals surface area contributed by atoms with Crippen LogP contribution in [0, 0.1) is 19.7 Å². The average molecular weight is 524 g/mol. The van der Waals surface area contributed by atoms with E-state index in [1.807, 2.05) is 19.1 Å². The minimum atomic E-state index is -1.37. The van der Waals surface area contributed by atoms with Crippen molar-refractivity contribution in [2.24, 2.45) is 0 Å². The minimum absolute atomic E-state index is 0.0283. The maximum atomic E-state index is 14.9. The van der Waals surface area contributed by atoms with Gasteiger partial charge in [-0.1, -0.05) is 29.3 Å². The molecule has 9 heteroatoms. The Morgan fingerprint density at radius 3 is 2.61 bits per heavy atom. The highest BCUT2D eigenvalue weighted by molar-refractivity contribution is 6.31. The standard InChI is InChI=1S/C27H20Cl2FN3O3/c1-13-10-32-22(17-4-3-5-18(25(17)30)27(35)36)9-23(13)33-14(2)6-21(24(29)26(33)34)20-8-19(20)15-7-16(28)12-31-11-15/h3-7,9-12,19-20H,8H2,1-2H3,(H,35,36)/t19-,20+/m1/s1. The van der Waals surface area contributed by atoms with Crippen molar-refractivity contribution >= 4 is 29.2 Å². The molecular weight excluding hydrogens is 504 g/mol. The van der Waals surface area contributed by atoms with Crippen LogP contribution in [-0.4, -0.2) is 25.6 Å². The third-order valence-corrected chi connectivity index (χ3v) is 7.11. The Morgan fingerprint density at radius 1 is 1.11 bits per heavy atom. The molecule has 4 aromatic rings. The van der Waals surface area contributed by atoms with Crippen LogP contribution >= 0.6 is 23.2 Å². The minimum Gasteiger partial charge on any atom is -0.478 e. The molecular formula is C27H20Cl2FN3O3. The fourth-order valence-electron chi connectivity index (χ4n) is 4.64. The first-order chi connectivity index (χ1) is 17.2. The van der Waals surface area contributed by atoms with Crippen molar-refractivity contribution in [3.8, 4) is 16.9 Å². The molecule has 0 aliphatic heterocycles. The number of hydrogen-bond acceptors (Lipinski definition) is 4. The highest BCUT2D eigenvalue weighted by atomic mass is 35.5. The number of halogens is 3. The largest absolute Gasteiger partial charge is 0.478 e. The second-order valence-corrected chi connectivity index (χ2v) is 9.72. The van der Waals surface area contributed by atoms with Gasteiger partial charge in [0.15, 0.2) is 0 Å². The molecule has 0 radical (unpaired) electrons. The summed E-state index contributed by atoms with van der Waals surface area (Å²) < 4.78 is 16.4. The number of aromatic nitrogens is 3. The van der Waals surface area contributed by atoms with E-state index in [4.69, 9.17) is 23.2 Å². The second-order valence-electron chi connectivity index (χ2n) is 8.91. The topological polar surface area (TPSA) is 85.1 Å². The molecule has 1 fully saturated rings. The Kier molecular flexibility index (Phi) is 6.14. The fraction of sp³-hybridized carbons (Fsp3) is 0.185. The lowest BCUT2D eigenvalue weighted by Gasteiger charge is -2.17. The van der Waals surface area contributed by atoms with Crippen molar-refractivity contribution in [1.82, 2.24) is 14.5 Å². The van der Waals surface area contributed by atoms with Gasteiger partial charge in [-0.05, 0) is 79.1 Å². The number of benzene rings is 1. The van der Waals surface area contributed by atoms with E-state index in [9.17, 15) is 19.1 Å². The molecule has 1 saturated carbocycles. The Morgan fingerprint density at radius 2 is 1.89 bits per heavy atom.